The van der Waals surface area contributed by atoms with Crippen molar-refractivity contribution in [1.29, 1.82) is 0 Å². The molecule has 1 fully saturated rings. The van der Waals surface area contributed by atoms with Crippen molar-refractivity contribution in [3.05, 3.63) is 0 Å². The van der Waals surface area contributed by atoms with E-state index in [0.717, 1.165) is 38.5 Å². The third-order valence-corrected chi connectivity index (χ3v) is 4.40. The normalized spacial score (nSPS) is 29.5. The Balaban J connectivity index is 2.57. The average molecular weight is 241 g/mol. The van der Waals surface area contributed by atoms with Crippen LogP contribution in [-0.2, 0) is 4.79 Å². The zero-order chi connectivity index (χ0) is 12.9. The minimum Gasteiger partial charge on any atom is -0.481 e. The molecule has 0 atom stereocenters. The number of carboxylic acids is 1. The van der Waals surface area contributed by atoms with Crippen molar-refractivity contribution in [2.24, 2.45) is 11.3 Å². The number of rotatable bonds is 6. The molecule has 2 N–H and O–H groups in total. The molecule has 0 unspecified atom stereocenters. The van der Waals surface area contributed by atoms with E-state index >= 15 is 0 Å². The maximum absolute atomic E-state index is 11.5. The lowest BCUT2D eigenvalue weighted by atomic mass is 9.70. The van der Waals surface area contributed by atoms with Gasteiger partial charge in [0.1, 0.15) is 0 Å². The molecule has 0 heterocycles. The van der Waals surface area contributed by atoms with Crippen molar-refractivity contribution in [1.82, 2.24) is 5.32 Å². The van der Waals surface area contributed by atoms with E-state index in [4.69, 9.17) is 0 Å². The van der Waals surface area contributed by atoms with Gasteiger partial charge >= 0.3 is 5.97 Å². The quantitative estimate of drug-likeness (QED) is 0.751. The molecule has 0 aliphatic heterocycles. The van der Waals surface area contributed by atoms with E-state index in [-0.39, 0.29) is 0 Å². The van der Waals surface area contributed by atoms with Gasteiger partial charge < -0.3 is 10.4 Å². The highest BCUT2D eigenvalue weighted by molar-refractivity contribution is 5.75. The predicted molar refractivity (Wildman–Crippen MR) is 70.1 cm³/mol. The monoisotopic (exact) mass is 241 g/mol. The lowest BCUT2D eigenvalue weighted by Crippen LogP contribution is -2.46. The first-order chi connectivity index (χ1) is 8.04. The van der Waals surface area contributed by atoms with Crippen LogP contribution in [0.1, 0.15) is 59.3 Å². The van der Waals surface area contributed by atoms with Gasteiger partial charge in [-0.3, -0.25) is 4.79 Å². The lowest BCUT2D eigenvalue weighted by Gasteiger charge is -2.37. The summed E-state index contributed by atoms with van der Waals surface area (Å²) >= 11 is 0. The van der Waals surface area contributed by atoms with Gasteiger partial charge in [0.15, 0.2) is 0 Å². The molecule has 17 heavy (non-hydrogen) atoms. The SMILES string of the molecule is CCC(CC)NCC1(C(=O)O)CCC(C)CC1. The Labute approximate surface area is 105 Å². The van der Waals surface area contributed by atoms with Gasteiger partial charge in [0, 0.05) is 12.6 Å². The van der Waals surface area contributed by atoms with E-state index in [9.17, 15) is 9.90 Å². The van der Waals surface area contributed by atoms with Crippen molar-refractivity contribution >= 4 is 5.97 Å². The van der Waals surface area contributed by atoms with Gasteiger partial charge in [-0.05, 0) is 44.4 Å². The van der Waals surface area contributed by atoms with Crippen LogP contribution in [-0.4, -0.2) is 23.7 Å². The Bertz CT molecular complexity index is 241. The largest absolute Gasteiger partial charge is 0.481 e. The third kappa shape index (κ3) is 3.70. The van der Waals surface area contributed by atoms with Crippen LogP contribution in [0.15, 0.2) is 0 Å². The van der Waals surface area contributed by atoms with E-state index in [1.807, 2.05) is 0 Å². The molecule has 0 aromatic carbocycles. The molecule has 100 valence electrons. The van der Waals surface area contributed by atoms with Crippen molar-refractivity contribution in [3.8, 4) is 0 Å². The van der Waals surface area contributed by atoms with E-state index in [0.29, 0.717) is 18.5 Å². The summed E-state index contributed by atoms with van der Waals surface area (Å²) < 4.78 is 0. The molecule has 1 aliphatic rings. The molecule has 1 rings (SSSR count). The van der Waals surface area contributed by atoms with Crippen LogP contribution >= 0.6 is 0 Å². The Hall–Kier alpha value is -0.570. The molecule has 0 saturated heterocycles. The Kier molecular flexibility index (Phi) is 5.44. The van der Waals surface area contributed by atoms with Gasteiger partial charge in [-0.1, -0.05) is 20.8 Å². The smallest absolute Gasteiger partial charge is 0.310 e. The molecule has 0 radical (unpaired) electrons. The summed E-state index contributed by atoms with van der Waals surface area (Å²) in [5, 5.41) is 12.9. The highest BCUT2D eigenvalue weighted by Crippen LogP contribution is 2.38. The first kappa shape index (κ1) is 14.5. The lowest BCUT2D eigenvalue weighted by molar-refractivity contribution is -0.151. The fraction of sp³-hybridized carbons (Fsp3) is 0.929. The number of hydrogen-bond acceptors (Lipinski definition) is 2. The summed E-state index contributed by atoms with van der Waals surface area (Å²) in [4.78, 5) is 11.5. The van der Waals surface area contributed by atoms with Crippen molar-refractivity contribution < 1.29 is 9.90 Å². The predicted octanol–water partition coefficient (Wildman–Crippen LogP) is 3.05. The summed E-state index contributed by atoms with van der Waals surface area (Å²) in [6.07, 6.45) is 5.91. The summed E-state index contributed by atoms with van der Waals surface area (Å²) in [7, 11) is 0. The molecule has 1 saturated carbocycles. The standard InChI is InChI=1S/C14H27NO2/c1-4-12(5-2)15-10-14(13(16)17)8-6-11(3)7-9-14/h11-12,15H,4-10H2,1-3H3,(H,16,17). The van der Waals surface area contributed by atoms with Crippen LogP contribution in [0.3, 0.4) is 0 Å². The van der Waals surface area contributed by atoms with Crippen molar-refractivity contribution in [3.63, 3.8) is 0 Å². The maximum atomic E-state index is 11.5. The van der Waals surface area contributed by atoms with Gasteiger partial charge in [-0.25, -0.2) is 0 Å². The summed E-state index contributed by atoms with van der Waals surface area (Å²) in [6, 6.07) is 0.463. The molecule has 3 heteroatoms. The van der Waals surface area contributed by atoms with Crippen molar-refractivity contribution in [2.45, 2.75) is 65.3 Å². The second-order valence-corrected chi connectivity index (χ2v) is 5.66. The van der Waals surface area contributed by atoms with Crippen molar-refractivity contribution in [2.75, 3.05) is 6.54 Å². The van der Waals surface area contributed by atoms with Crippen LogP contribution in [0.5, 0.6) is 0 Å². The minimum absolute atomic E-state index is 0.463. The molecule has 0 bridgehead atoms. The number of aliphatic carboxylic acids is 1. The third-order valence-electron chi connectivity index (χ3n) is 4.40. The summed E-state index contributed by atoms with van der Waals surface area (Å²) in [6.45, 7) is 7.16. The Morgan fingerprint density at radius 1 is 1.35 bits per heavy atom. The van der Waals surface area contributed by atoms with Crippen LogP contribution in [0.2, 0.25) is 0 Å². The molecule has 0 spiro atoms. The first-order valence-corrected chi connectivity index (χ1v) is 7.01. The minimum atomic E-state index is -0.608. The van der Waals surface area contributed by atoms with E-state index in [1.165, 1.54) is 0 Å². The van der Waals surface area contributed by atoms with Crippen LogP contribution in [0, 0.1) is 11.3 Å². The van der Waals surface area contributed by atoms with Crippen LogP contribution < -0.4 is 5.32 Å². The summed E-state index contributed by atoms with van der Waals surface area (Å²) in [5.74, 6) is 0.0819. The Morgan fingerprint density at radius 3 is 2.29 bits per heavy atom. The van der Waals surface area contributed by atoms with Gasteiger partial charge in [0.25, 0.3) is 0 Å². The number of carboxylic acid groups (broad SMARTS) is 1. The van der Waals surface area contributed by atoms with Gasteiger partial charge in [0.2, 0.25) is 0 Å². The molecule has 0 aromatic heterocycles. The van der Waals surface area contributed by atoms with E-state index < -0.39 is 11.4 Å². The van der Waals surface area contributed by atoms with Gasteiger partial charge in [0.05, 0.1) is 5.41 Å². The molecule has 0 amide bonds. The first-order valence-electron chi connectivity index (χ1n) is 7.01. The Morgan fingerprint density at radius 2 is 1.88 bits per heavy atom. The second kappa shape index (κ2) is 6.39. The number of nitrogens with one attached hydrogen (secondary N) is 1. The van der Waals surface area contributed by atoms with E-state index in [2.05, 4.69) is 26.1 Å². The van der Waals surface area contributed by atoms with Gasteiger partial charge in [-0.2, -0.15) is 0 Å². The van der Waals surface area contributed by atoms with E-state index in [1.54, 1.807) is 0 Å². The highest BCUT2D eigenvalue weighted by atomic mass is 16.4. The van der Waals surface area contributed by atoms with Gasteiger partial charge in [-0.15, -0.1) is 0 Å². The fourth-order valence-corrected chi connectivity index (χ4v) is 2.70. The zero-order valence-corrected chi connectivity index (χ0v) is 11.5. The average Bonchev–Trinajstić information content (AvgIpc) is 2.32. The molecular weight excluding hydrogens is 214 g/mol. The van der Waals surface area contributed by atoms with Crippen LogP contribution in [0.25, 0.3) is 0 Å². The molecular formula is C14H27NO2. The molecule has 1 aliphatic carbocycles. The second-order valence-electron chi connectivity index (χ2n) is 5.66. The number of hydrogen-bond donors (Lipinski definition) is 2. The van der Waals surface area contributed by atoms with Crippen LogP contribution in [0.4, 0.5) is 0 Å². The molecule has 3 nitrogen and oxygen atoms in total. The number of carbonyl (C=O) groups is 1. The highest BCUT2D eigenvalue weighted by Gasteiger charge is 2.41. The summed E-state index contributed by atoms with van der Waals surface area (Å²) in [5.41, 5.74) is -0.505. The maximum Gasteiger partial charge on any atom is 0.310 e. The zero-order valence-electron chi connectivity index (χ0n) is 11.5. The fourth-order valence-electron chi connectivity index (χ4n) is 2.70. The topological polar surface area (TPSA) is 49.3 Å². The molecule has 0 aromatic rings.